The van der Waals surface area contributed by atoms with Gasteiger partial charge < -0.3 is 15.6 Å². The molecule has 0 aromatic rings. The number of carboxylic acid groups (broad SMARTS) is 1. The van der Waals surface area contributed by atoms with Gasteiger partial charge in [-0.2, -0.15) is 0 Å². The quantitative estimate of drug-likeness (QED) is 0.746. The smallest absolute Gasteiger partial charge is 0.323 e. The van der Waals surface area contributed by atoms with E-state index in [4.69, 9.17) is 15.6 Å². The fraction of sp³-hybridized carbons (Fsp3) is 0.857. The number of esters is 1. The van der Waals surface area contributed by atoms with E-state index in [0.29, 0.717) is 11.8 Å². The van der Waals surface area contributed by atoms with Gasteiger partial charge in [-0.1, -0.05) is 0 Å². The summed E-state index contributed by atoms with van der Waals surface area (Å²) in [5.41, 5.74) is 5.57. The third kappa shape index (κ3) is 2.48. The van der Waals surface area contributed by atoms with Gasteiger partial charge in [-0.3, -0.25) is 9.59 Å². The molecule has 4 saturated carbocycles. The van der Waals surface area contributed by atoms with Crippen molar-refractivity contribution < 1.29 is 19.4 Å². The summed E-state index contributed by atoms with van der Waals surface area (Å²) < 4.78 is 5.56. The Morgan fingerprint density at radius 2 is 1.63 bits per heavy atom. The van der Waals surface area contributed by atoms with Crippen molar-refractivity contribution in [3.63, 3.8) is 0 Å². The van der Waals surface area contributed by atoms with Crippen LogP contribution in [0.4, 0.5) is 0 Å². The first-order valence-corrected chi connectivity index (χ1v) is 7.20. The summed E-state index contributed by atoms with van der Waals surface area (Å²) in [4.78, 5) is 22.4. The van der Waals surface area contributed by atoms with Crippen molar-refractivity contribution in [3.05, 3.63) is 0 Å². The second kappa shape index (κ2) is 4.78. The van der Waals surface area contributed by atoms with Crippen LogP contribution < -0.4 is 5.73 Å². The summed E-state index contributed by atoms with van der Waals surface area (Å²) >= 11 is 0. The van der Waals surface area contributed by atoms with Gasteiger partial charge >= 0.3 is 11.9 Å². The topological polar surface area (TPSA) is 89.6 Å². The SMILES string of the molecule is N[C@@H](CC(=O)O)C(=O)OC1C2CC3CC(C2)CC1C3. The van der Waals surface area contributed by atoms with Crippen LogP contribution in [0.1, 0.15) is 38.5 Å². The fourth-order valence-corrected chi connectivity index (χ4v) is 4.56. The van der Waals surface area contributed by atoms with Gasteiger partial charge in [0.25, 0.3) is 0 Å². The van der Waals surface area contributed by atoms with Crippen molar-refractivity contribution in [2.24, 2.45) is 29.4 Å². The molecule has 5 nitrogen and oxygen atoms in total. The van der Waals surface area contributed by atoms with Crippen molar-refractivity contribution in [2.45, 2.75) is 50.7 Å². The summed E-state index contributed by atoms with van der Waals surface area (Å²) in [7, 11) is 0. The minimum Gasteiger partial charge on any atom is -0.481 e. The van der Waals surface area contributed by atoms with E-state index in [1.165, 1.54) is 32.1 Å². The monoisotopic (exact) mass is 267 g/mol. The van der Waals surface area contributed by atoms with E-state index in [0.717, 1.165) is 11.8 Å². The largest absolute Gasteiger partial charge is 0.481 e. The van der Waals surface area contributed by atoms with Crippen molar-refractivity contribution in [1.29, 1.82) is 0 Å². The summed E-state index contributed by atoms with van der Waals surface area (Å²) in [6.07, 6.45) is 5.65. The molecule has 3 N–H and O–H groups in total. The highest BCUT2D eigenvalue weighted by atomic mass is 16.5. The minimum atomic E-state index is -1.06. The molecule has 5 heteroatoms. The summed E-state index contributed by atoms with van der Waals surface area (Å²) in [6.45, 7) is 0. The van der Waals surface area contributed by atoms with Gasteiger partial charge in [0, 0.05) is 0 Å². The van der Waals surface area contributed by atoms with E-state index in [1.54, 1.807) is 0 Å². The van der Waals surface area contributed by atoms with E-state index in [1.807, 2.05) is 0 Å². The first kappa shape index (κ1) is 12.9. The van der Waals surface area contributed by atoms with Crippen LogP contribution in [0.2, 0.25) is 0 Å². The van der Waals surface area contributed by atoms with Crippen molar-refractivity contribution in [2.75, 3.05) is 0 Å². The molecule has 4 rings (SSSR count). The number of carbonyl (C=O) groups excluding carboxylic acids is 1. The molecule has 1 atom stereocenters. The van der Waals surface area contributed by atoms with Crippen LogP contribution in [0.25, 0.3) is 0 Å². The van der Waals surface area contributed by atoms with Crippen molar-refractivity contribution >= 4 is 11.9 Å². The van der Waals surface area contributed by atoms with Crippen LogP contribution >= 0.6 is 0 Å². The highest BCUT2D eigenvalue weighted by molar-refractivity contribution is 5.81. The number of carbonyl (C=O) groups is 2. The molecule has 4 aliphatic rings. The van der Waals surface area contributed by atoms with Gasteiger partial charge in [0.15, 0.2) is 0 Å². The molecule has 0 unspecified atom stereocenters. The highest BCUT2D eigenvalue weighted by Crippen LogP contribution is 2.54. The van der Waals surface area contributed by atoms with Gasteiger partial charge in [0.05, 0.1) is 6.42 Å². The normalized spacial score (nSPS) is 41.0. The molecule has 0 spiro atoms. The molecule has 0 radical (unpaired) electrons. The lowest BCUT2D eigenvalue weighted by molar-refractivity contribution is -0.173. The maximum atomic E-state index is 11.9. The number of hydrogen-bond acceptors (Lipinski definition) is 4. The minimum absolute atomic E-state index is 0.0138. The first-order valence-electron chi connectivity index (χ1n) is 7.20. The Labute approximate surface area is 112 Å². The van der Waals surface area contributed by atoms with E-state index in [9.17, 15) is 9.59 Å². The van der Waals surface area contributed by atoms with Gasteiger partial charge in [-0.15, -0.1) is 0 Å². The van der Waals surface area contributed by atoms with Crippen LogP contribution in [-0.2, 0) is 14.3 Å². The molecule has 4 fully saturated rings. The summed E-state index contributed by atoms with van der Waals surface area (Å²) in [5, 5.41) is 8.65. The molecule has 106 valence electrons. The fourth-order valence-electron chi connectivity index (χ4n) is 4.56. The number of rotatable bonds is 4. The molecule has 0 aliphatic heterocycles. The maximum Gasteiger partial charge on any atom is 0.323 e. The first-order chi connectivity index (χ1) is 9.02. The third-order valence-corrected chi connectivity index (χ3v) is 5.09. The molecule has 19 heavy (non-hydrogen) atoms. The molecule has 0 saturated heterocycles. The average molecular weight is 267 g/mol. The van der Waals surface area contributed by atoms with Crippen LogP contribution in [0.15, 0.2) is 0 Å². The van der Waals surface area contributed by atoms with E-state index >= 15 is 0 Å². The standard InChI is InChI=1S/C14H21NO4/c15-11(6-12(16)17)14(18)19-13-9-2-7-1-8(4-9)5-10(13)3-7/h7-11,13H,1-6,15H2,(H,16,17)/t7?,8?,9?,10?,11-,13?/m0/s1. The van der Waals surface area contributed by atoms with Gasteiger partial charge in [-0.25, -0.2) is 0 Å². The highest BCUT2D eigenvalue weighted by Gasteiger charge is 2.50. The Hall–Kier alpha value is -1.10. The molecule has 4 aliphatic carbocycles. The summed E-state index contributed by atoms with van der Waals surface area (Å²) in [6, 6.07) is -1.03. The van der Waals surface area contributed by atoms with Gasteiger partial charge in [0.1, 0.15) is 12.1 Å². The zero-order valence-corrected chi connectivity index (χ0v) is 11.0. The van der Waals surface area contributed by atoms with Crippen LogP contribution in [0, 0.1) is 23.7 Å². The average Bonchev–Trinajstić information content (AvgIpc) is 2.31. The Kier molecular flexibility index (Phi) is 3.25. The number of hydrogen-bond donors (Lipinski definition) is 2. The van der Waals surface area contributed by atoms with Crippen LogP contribution in [0.5, 0.6) is 0 Å². The second-order valence-corrected chi connectivity index (χ2v) is 6.54. The Bertz CT molecular complexity index is 367. The zero-order valence-electron chi connectivity index (χ0n) is 11.0. The Balaban J connectivity index is 1.61. The second-order valence-electron chi connectivity index (χ2n) is 6.54. The number of carboxylic acids is 1. The molecule has 0 amide bonds. The molecule has 0 aromatic heterocycles. The lowest BCUT2D eigenvalue weighted by atomic mass is 9.55. The van der Waals surface area contributed by atoms with Crippen LogP contribution in [-0.4, -0.2) is 29.2 Å². The van der Waals surface area contributed by atoms with Gasteiger partial charge in [0.2, 0.25) is 0 Å². The molecule has 0 aromatic carbocycles. The maximum absolute atomic E-state index is 11.9. The van der Waals surface area contributed by atoms with E-state index < -0.39 is 18.0 Å². The molecule has 0 heterocycles. The van der Waals surface area contributed by atoms with E-state index in [-0.39, 0.29) is 12.5 Å². The Morgan fingerprint density at radius 3 is 2.11 bits per heavy atom. The molecular weight excluding hydrogens is 246 g/mol. The van der Waals surface area contributed by atoms with Crippen molar-refractivity contribution in [3.8, 4) is 0 Å². The lowest BCUT2D eigenvalue weighted by Crippen LogP contribution is -2.51. The number of aliphatic carboxylic acids is 1. The molecular formula is C14H21NO4. The number of nitrogens with two attached hydrogens (primary N) is 1. The summed E-state index contributed by atoms with van der Waals surface area (Å²) in [5.74, 6) is 1.01. The number of ether oxygens (including phenoxy) is 1. The zero-order chi connectivity index (χ0) is 13.6. The van der Waals surface area contributed by atoms with Crippen LogP contribution in [0.3, 0.4) is 0 Å². The molecule has 4 bridgehead atoms. The third-order valence-electron chi connectivity index (χ3n) is 5.09. The predicted molar refractivity (Wildman–Crippen MR) is 67.2 cm³/mol. The van der Waals surface area contributed by atoms with Crippen molar-refractivity contribution in [1.82, 2.24) is 0 Å². The lowest BCUT2D eigenvalue weighted by Gasteiger charge is -2.53. The Morgan fingerprint density at radius 1 is 1.11 bits per heavy atom. The predicted octanol–water partition coefficient (Wildman–Crippen LogP) is 1.16. The van der Waals surface area contributed by atoms with E-state index in [2.05, 4.69) is 0 Å². The van der Waals surface area contributed by atoms with Gasteiger partial charge in [-0.05, 0) is 55.8 Å².